The maximum Gasteiger partial charge on any atom is 0.191 e. The molecule has 0 bridgehead atoms. The zero-order chi connectivity index (χ0) is 17.5. The van der Waals surface area contributed by atoms with E-state index >= 15 is 0 Å². The van der Waals surface area contributed by atoms with Gasteiger partial charge in [-0.15, -0.1) is 0 Å². The third kappa shape index (κ3) is 10.8. The molecule has 0 unspecified atom stereocenters. The number of hydrogen-bond acceptors (Lipinski definition) is 4. The molecule has 0 radical (unpaired) electrons. The van der Waals surface area contributed by atoms with Gasteiger partial charge in [0.2, 0.25) is 0 Å². The van der Waals surface area contributed by atoms with E-state index in [9.17, 15) is 0 Å². The van der Waals surface area contributed by atoms with Crippen molar-refractivity contribution in [1.29, 1.82) is 0 Å². The molecule has 0 spiro atoms. The summed E-state index contributed by atoms with van der Waals surface area (Å²) in [6.07, 6.45) is 8.00. The van der Waals surface area contributed by atoms with Crippen LogP contribution < -0.4 is 10.6 Å². The number of aliphatic imine (C=N–C) groups is 1. The van der Waals surface area contributed by atoms with E-state index in [-0.39, 0.29) is 0 Å². The number of nitrogens with zero attached hydrogens (tertiary/aromatic N) is 2. The van der Waals surface area contributed by atoms with Crippen LogP contribution in [0, 0.1) is 0 Å². The van der Waals surface area contributed by atoms with Crippen molar-refractivity contribution in [2.75, 3.05) is 60.1 Å². The number of nitrogens with one attached hydrogen (secondary N) is 2. The van der Waals surface area contributed by atoms with Crippen LogP contribution in [0.2, 0.25) is 0 Å². The van der Waals surface area contributed by atoms with Crippen LogP contribution in [-0.2, 0) is 9.47 Å². The molecule has 0 aromatic heterocycles. The van der Waals surface area contributed by atoms with Crippen LogP contribution >= 0.6 is 0 Å². The van der Waals surface area contributed by atoms with Gasteiger partial charge in [-0.2, -0.15) is 0 Å². The fourth-order valence-corrected chi connectivity index (χ4v) is 2.80. The van der Waals surface area contributed by atoms with E-state index in [4.69, 9.17) is 9.47 Å². The van der Waals surface area contributed by atoms with Crippen molar-refractivity contribution in [2.24, 2.45) is 4.99 Å². The van der Waals surface area contributed by atoms with Gasteiger partial charge in [0, 0.05) is 46.4 Å². The Morgan fingerprint density at radius 1 is 1.12 bits per heavy atom. The van der Waals surface area contributed by atoms with Crippen molar-refractivity contribution in [3.05, 3.63) is 0 Å². The lowest BCUT2D eigenvalue weighted by molar-refractivity contribution is 0.0281. The van der Waals surface area contributed by atoms with Gasteiger partial charge in [0.25, 0.3) is 0 Å². The third-order valence-electron chi connectivity index (χ3n) is 4.29. The Labute approximate surface area is 148 Å². The topological polar surface area (TPSA) is 58.1 Å². The first-order valence-electron chi connectivity index (χ1n) is 9.57. The molecular formula is C18H38N4O2. The van der Waals surface area contributed by atoms with Crippen LogP contribution in [0.3, 0.4) is 0 Å². The molecule has 1 saturated carbocycles. The molecule has 6 heteroatoms. The summed E-state index contributed by atoms with van der Waals surface area (Å²) in [5.74, 6) is 0.898. The summed E-state index contributed by atoms with van der Waals surface area (Å²) in [5, 5.41) is 6.68. The van der Waals surface area contributed by atoms with Gasteiger partial charge in [0.15, 0.2) is 5.96 Å². The Bertz CT molecular complexity index is 320. The monoisotopic (exact) mass is 342 g/mol. The van der Waals surface area contributed by atoms with Crippen molar-refractivity contribution in [3.8, 4) is 0 Å². The summed E-state index contributed by atoms with van der Waals surface area (Å²) in [6.45, 7) is 8.17. The number of rotatable bonds is 12. The first-order valence-corrected chi connectivity index (χ1v) is 9.57. The van der Waals surface area contributed by atoms with Crippen LogP contribution in [-0.4, -0.2) is 77.1 Å². The first kappa shape index (κ1) is 21.2. The molecule has 6 nitrogen and oxygen atoms in total. The Hall–Kier alpha value is -0.850. The molecule has 0 heterocycles. The standard InChI is InChI=1S/C18H38N4O2/c1-4-19-18(21-12-13-22(2)14-16-23-3)20-11-8-15-24-17-9-6-5-7-10-17/h17H,4-16H2,1-3H3,(H2,19,20,21). The summed E-state index contributed by atoms with van der Waals surface area (Å²) in [7, 11) is 3.84. The maximum absolute atomic E-state index is 5.95. The SMILES string of the molecule is CCNC(=NCCCOC1CCCCC1)NCCN(C)CCOC. The molecule has 24 heavy (non-hydrogen) atoms. The summed E-state index contributed by atoms with van der Waals surface area (Å²) < 4.78 is 11.0. The van der Waals surface area contributed by atoms with Gasteiger partial charge < -0.3 is 25.0 Å². The van der Waals surface area contributed by atoms with Crippen LogP contribution in [0.1, 0.15) is 45.4 Å². The van der Waals surface area contributed by atoms with E-state index in [0.29, 0.717) is 6.10 Å². The third-order valence-corrected chi connectivity index (χ3v) is 4.29. The molecule has 0 atom stereocenters. The minimum absolute atomic E-state index is 0.497. The van der Waals surface area contributed by atoms with Crippen LogP contribution in [0.25, 0.3) is 0 Å². The lowest BCUT2D eigenvalue weighted by Crippen LogP contribution is -2.41. The molecule has 1 fully saturated rings. The van der Waals surface area contributed by atoms with Crippen LogP contribution in [0.15, 0.2) is 4.99 Å². The molecule has 2 N–H and O–H groups in total. The molecule has 142 valence electrons. The predicted molar refractivity (Wildman–Crippen MR) is 101 cm³/mol. The summed E-state index contributed by atoms with van der Waals surface area (Å²) >= 11 is 0. The molecule has 0 saturated heterocycles. The van der Waals surface area contributed by atoms with Gasteiger partial charge >= 0.3 is 0 Å². The molecule has 0 aromatic carbocycles. The maximum atomic E-state index is 5.95. The molecule has 0 aromatic rings. The number of likely N-dealkylation sites (N-methyl/N-ethyl adjacent to an activating group) is 1. The van der Waals surface area contributed by atoms with Gasteiger partial charge in [-0.25, -0.2) is 0 Å². The highest BCUT2D eigenvalue weighted by molar-refractivity contribution is 5.79. The van der Waals surface area contributed by atoms with Gasteiger partial charge in [-0.1, -0.05) is 19.3 Å². The van der Waals surface area contributed by atoms with E-state index in [1.54, 1.807) is 7.11 Å². The molecule has 0 amide bonds. The smallest absolute Gasteiger partial charge is 0.191 e. The summed E-state index contributed by atoms with van der Waals surface area (Å²) in [4.78, 5) is 6.87. The number of hydrogen-bond donors (Lipinski definition) is 2. The zero-order valence-electron chi connectivity index (χ0n) is 16.0. The van der Waals surface area contributed by atoms with Crippen molar-refractivity contribution in [2.45, 2.75) is 51.6 Å². The zero-order valence-corrected chi connectivity index (χ0v) is 16.0. The van der Waals surface area contributed by atoms with Crippen LogP contribution in [0.4, 0.5) is 0 Å². The number of guanidine groups is 1. The van der Waals surface area contributed by atoms with Crippen molar-refractivity contribution in [1.82, 2.24) is 15.5 Å². The fraction of sp³-hybridized carbons (Fsp3) is 0.944. The Kier molecular flexibility index (Phi) is 12.8. The van der Waals surface area contributed by atoms with E-state index in [1.165, 1.54) is 32.1 Å². The van der Waals surface area contributed by atoms with Crippen molar-refractivity contribution < 1.29 is 9.47 Å². The normalized spacial score (nSPS) is 16.6. The van der Waals surface area contributed by atoms with E-state index in [1.807, 2.05) is 0 Å². The Morgan fingerprint density at radius 2 is 1.92 bits per heavy atom. The number of ether oxygens (including phenoxy) is 2. The van der Waals surface area contributed by atoms with Crippen molar-refractivity contribution >= 4 is 5.96 Å². The highest BCUT2D eigenvalue weighted by Crippen LogP contribution is 2.20. The second-order valence-corrected chi connectivity index (χ2v) is 6.47. The van der Waals surface area contributed by atoms with Gasteiger partial charge in [-0.05, 0) is 33.2 Å². The number of methoxy groups -OCH3 is 1. The Balaban J connectivity index is 2.12. The van der Waals surface area contributed by atoms with Gasteiger partial charge in [0.05, 0.1) is 12.7 Å². The second kappa shape index (κ2) is 14.5. The summed E-state index contributed by atoms with van der Waals surface area (Å²) in [5.41, 5.74) is 0. The molecular weight excluding hydrogens is 304 g/mol. The second-order valence-electron chi connectivity index (χ2n) is 6.47. The van der Waals surface area contributed by atoms with Gasteiger partial charge in [-0.3, -0.25) is 4.99 Å². The minimum Gasteiger partial charge on any atom is -0.383 e. The molecule has 0 aliphatic heterocycles. The lowest BCUT2D eigenvalue weighted by atomic mass is 9.98. The average Bonchev–Trinajstić information content (AvgIpc) is 2.60. The Morgan fingerprint density at radius 3 is 2.62 bits per heavy atom. The van der Waals surface area contributed by atoms with Crippen molar-refractivity contribution in [3.63, 3.8) is 0 Å². The summed E-state index contributed by atoms with van der Waals surface area (Å²) in [6, 6.07) is 0. The average molecular weight is 343 g/mol. The molecule has 1 aliphatic carbocycles. The minimum atomic E-state index is 0.497. The first-order chi connectivity index (χ1) is 11.8. The lowest BCUT2D eigenvalue weighted by Gasteiger charge is -2.21. The van der Waals surface area contributed by atoms with E-state index < -0.39 is 0 Å². The highest BCUT2D eigenvalue weighted by atomic mass is 16.5. The fourth-order valence-electron chi connectivity index (χ4n) is 2.80. The van der Waals surface area contributed by atoms with Crippen LogP contribution in [0.5, 0.6) is 0 Å². The van der Waals surface area contributed by atoms with E-state index in [0.717, 1.165) is 58.3 Å². The molecule has 1 rings (SSSR count). The quantitative estimate of drug-likeness (QED) is 0.322. The predicted octanol–water partition coefficient (Wildman–Crippen LogP) is 1.86. The highest BCUT2D eigenvalue weighted by Gasteiger charge is 2.12. The largest absolute Gasteiger partial charge is 0.383 e. The van der Waals surface area contributed by atoms with E-state index in [2.05, 4.69) is 34.5 Å². The molecule has 1 aliphatic rings. The van der Waals surface area contributed by atoms with Gasteiger partial charge in [0.1, 0.15) is 0 Å².